The van der Waals surface area contributed by atoms with Gasteiger partial charge in [-0.1, -0.05) is 18.2 Å². The minimum Gasteiger partial charge on any atom is -0.459 e. The summed E-state index contributed by atoms with van der Waals surface area (Å²) in [5.41, 5.74) is 6.45. The fourth-order valence-electron chi connectivity index (χ4n) is 3.47. The lowest BCUT2D eigenvalue weighted by Gasteiger charge is -2.13. The number of carbonyl (C=O) groups excluding carboxylic acids is 2. The number of fused-ring (bicyclic) bond motifs is 1. The van der Waals surface area contributed by atoms with Gasteiger partial charge in [0, 0.05) is 23.2 Å². The molecule has 148 valence electrons. The van der Waals surface area contributed by atoms with Crippen LogP contribution in [0.25, 0.3) is 0 Å². The summed E-state index contributed by atoms with van der Waals surface area (Å²) in [6, 6.07) is 10.8. The van der Waals surface area contributed by atoms with Crippen LogP contribution in [-0.4, -0.2) is 17.5 Å². The normalized spacial score (nSPS) is 14.5. The minimum atomic E-state index is -0.423. The van der Waals surface area contributed by atoms with Crippen LogP contribution in [0.5, 0.6) is 0 Å². The molecule has 3 aromatic rings. The number of nitrogens with one attached hydrogen (secondary N) is 2. The van der Waals surface area contributed by atoms with Crippen LogP contribution in [0, 0.1) is 13.8 Å². The number of amides is 2. The number of benzene rings is 1. The molecule has 0 atom stereocenters. The van der Waals surface area contributed by atoms with Gasteiger partial charge < -0.3 is 14.2 Å². The monoisotopic (exact) mass is 391 g/mol. The summed E-state index contributed by atoms with van der Waals surface area (Å²) in [5, 5.41) is 7.18. The molecule has 0 saturated heterocycles. The van der Waals surface area contributed by atoms with Gasteiger partial charge in [0.2, 0.25) is 0 Å². The van der Waals surface area contributed by atoms with E-state index >= 15 is 0 Å². The van der Waals surface area contributed by atoms with Crippen molar-refractivity contribution >= 4 is 23.2 Å². The molecule has 0 bridgehead atoms. The van der Waals surface area contributed by atoms with E-state index in [1.54, 1.807) is 12.1 Å². The predicted octanol–water partition coefficient (Wildman–Crippen LogP) is 4.21. The van der Waals surface area contributed by atoms with Gasteiger partial charge in [-0.05, 0) is 50.5 Å². The Morgan fingerprint density at radius 3 is 2.62 bits per heavy atom. The predicted molar refractivity (Wildman–Crippen MR) is 108 cm³/mol. The van der Waals surface area contributed by atoms with Crippen molar-refractivity contribution in [3.8, 4) is 0 Å². The maximum Gasteiger partial charge on any atom is 0.307 e. The van der Waals surface area contributed by atoms with Gasteiger partial charge in [0.1, 0.15) is 5.76 Å². The number of carbonyl (C=O) groups is 2. The zero-order valence-corrected chi connectivity index (χ0v) is 16.2. The smallest absolute Gasteiger partial charge is 0.307 e. The molecular formula is C22H21N3O4. The second-order valence-electron chi connectivity index (χ2n) is 6.95. The van der Waals surface area contributed by atoms with Crippen LogP contribution in [0.1, 0.15) is 56.4 Å². The first-order chi connectivity index (χ1) is 14.0. The van der Waals surface area contributed by atoms with Crippen molar-refractivity contribution in [1.82, 2.24) is 5.43 Å². The Labute approximate surface area is 167 Å². The molecule has 1 aliphatic rings. The first kappa shape index (κ1) is 18.7. The Balaban J connectivity index is 1.59. The molecule has 2 heterocycles. The summed E-state index contributed by atoms with van der Waals surface area (Å²) >= 11 is 0. The third-order valence-corrected chi connectivity index (χ3v) is 4.96. The molecule has 0 unspecified atom stereocenters. The van der Waals surface area contributed by atoms with Crippen molar-refractivity contribution in [3.63, 3.8) is 0 Å². The maximum atomic E-state index is 12.8. The molecule has 7 heteroatoms. The number of anilines is 1. The molecule has 0 spiro atoms. The molecule has 1 aliphatic carbocycles. The highest BCUT2D eigenvalue weighted by Gasteiger charge is 2.28. The highest BCUT2D eigenvalue weighted by Crippen LogP contribution is 2.30. The molecule has 2 aromatic heterocycles. The van der Waals surface area contributed by atoms with E-state index in [1.165, 1.54) is 6.26 Å². The zero-order chi connectivity index (χ0) is 20.4. The second-order valence-corrected chi connectivity index (χ2v) is 6.95. The van der Waals surface area contributed by atoms with Crippen molar-refractivity contribution in [1.29, 1.82) is 0 Å². The average molecular weight is 391 g/mol. The van der Waals surface area contributed by atoms with Crippen LogP contribution in [-0.2, 0) is 6.42 Å². The van der Waals surface area contributed by atoms with Crippen LogP contribution >= 0.6 is 0 Å². The molecule has 29 heavy (non-hydrogen) atoms. The van der Waals surface area contributed by atoms with Crippen LogP contribution in [0.4, 0.5) is 5.69 Å². The topological polar surface area (TPSA) is 96.8 Å². The van der Waals surface area contributed by atoms with Gasteiger partial charge in [-0.25, -0.2) is 5.43 Å². The standard InChI is InChI=1S/C22H21N3O4/c1-13-7-3-4-8-15(13)23-22(27)20-14(2)19-16(9-5-10-17(19)29-20)24-25-21(26)18-11-6-12-28-18/h3-4,6-8,11-12H,5,9-10H2,1-2H3,(H,23,27)(H,25,26)/b24-16+. The molecule has 1 aromatic carbocycles. The number of nitrogens with zero attached hydrogens (tertiary/aromatic N) is 1. The highest BCUT2D eigenvalue weighted by atomic mass is 16.4. The van der Waals surface area contributed by atoms with Gasteiger partial charge in [0.15, 0.2) is 11.5 Å². The van der Waals surface area contributed by atoms with Gasteiger partial charge in [-0.3, -0.25) is 9.59 Å². The number of furan rings is 2. The molecule has 0 radical (unpaired) electrons. The van der Waals surface area contributed by atoms with E-state index in [-0.39, 0.29) is 17.4 Å². The SMILES string of the molecule is Cc1ccccc1NC(=O)c1oc2c(c1C)/C(=N/NC(=O)c1ccco1)CCC2. The first-order valence-corrected chi connectivity index (χ1v) is 9.44. The number of hydrazone groups is 1. The van der Waals surface area contributed by atoms with Gasteiger partial charge in [-0.15, -0.1) is 0 Å². The molecule has 7 nitrogen and oxygen atoms in total. The fraction of sp³-hybridized carbons (Fsp3) is 0.227. The largest absolute Gasteiger partial charge is 0.459 e. The van der Waals surface area contributed by atoms with Crippen molar-refractivity contribution in [2.24, 2.45) is 5.10 Å². The van der Waals surface area contributed by atoms with Crippen LogP contribution < -0.4 is 10.7 Å². The van der Waals surface area contributed by atoms with Gasteiger partial charge >= 0.3 is 5.91 Å². The van der Waals surface area contributed by atoms with E-state index in [0.717, 1.165) is 41.0 Å². The second kappa shape index (κ2) is 7.79. The average Bonchev–Trinajstić information content (AvgIpc) is 3.37. The number of hydrogen-bond donors (Lipinski definition) is 2. The summed E-state index contributed by atoms with van der Waals surface area (Å²) < 4.78 is 11.0. The van der Waals surface area contributed by atoms with E-state index in [4.69, 9.17) is 8.83 Å². The first-order valence-electron chi connectivity index (χ1n) is 9.44. The Kier molecular flexibility index (Phi) is 5.03. The number of aryl methyl sites for hydroxylation is 2. The zero-order valence-electron chi connectivity index (χ0n) is 16.2. The van der Waals surface area contributed by atoms with E-state index in [9.17, 15) is 9.59 Å². The van der Waals surface area contributed by atoms with E-state index in [2.05, 4.69) is 15.8 Å². The van der Waals surface area contributed by atoms with Crippen molar-refractivity contribution in [3.05, 3.63) is 76.6 Å². The lowest BCUT2D eigenvalue weighted by Crippen LogP contribution is -2.21. The lowest BCUT2D eigenvalue weighted by molar-refractivity contribution is 0.0926. The molecular weight excluding hydrogens is 370 g/mol. The Hall–Kier alpha value is -3.61. The van der Waals surface area contributed by atoms with Crippen molar-refractivity contribution in [2.75, 3.05) is 5.32 Å². The Morgan fingerprint density at radius 2 is 1.86 bits per heavy atom. The summed E-state index contributed by atoms with van der Waals surface area (Å²) in [6.07, 6.45) is 3.66. The molecule has 4 rings (SSSR count). The maximum absolute atomic E-state index is 12.8. The third kappa shape index (κ3) is 3.71. The fourth-order valence-corrected chi connectivity index (χ4v) is 3.47. The Morgan fingerprint density at radius 1 is 1.03 bits per heavy atom. The highest BCUT2D eigenvalue weighted by molar-refractivity contribution is 6.09. The van der Waals surface area contributed by atoms with Gasteiger partial charge in [0.25, 0.3) is 5.91 Å². The summed E-state index contributed by atoms with van der Waals surface area (Å²) in [7, 11) is 0. The molecule has 0 aliphatic heterocycles. The van der Waals surface area contributed by atoms with E-state index in [1.807, 2.05) is 38.1 Å². The van der Waals surface area contributed by atoms with Crippen molar-refractivity contribution < 1.29 is 18.4 Å². The molecule has 2 N–H and O–H groups in total. The van der Waals surface area contributed by atoms with Crippen molar-refractivity contribution in [2.45, 2.75) is 33.1 Å². The molecule has 0 fully saturated rings. The van der Waals surface area contributed by atoms with Gasteiger partial charge in [-0.2, -0.15) is 5.10 Å². The van der Waals surface area contributed by atoms with E-state index in [0.29, 0.717) is 12.1 Å². The van der Waals surface area contributed by atoms with Crippen LogP contribution in [0.2, 0.25) is 0 Å². The minimum absolute atomic E-state index is 0.188. The summed E-state index contributed by atoms with van der Waals surface area (Å²) in [6.45, 7) is 3.77. The lowest BCUT2D eigenvalue weighted by atomic mass is 9.93. The number of rotatable bonds is 4. The Bertz CT molecular complexity index is 1090. The molecule has 0 saturated carbocycles. The van der Waals surface area contributed by atoms with Gasteiger partial charge in [0.05, 0.1) is 12.0 Å². The van der Waals surface area contributed by atoms with Crippen LogP contribution in [0.3, 0.4) is 0 Å². The third-order valence-electron chi connectivity index (χ3n) is 4.96. The number of hydrogen-bond acceptors (Lipinski definition) is 5. The van der Waals surface area contributed by atoms with E-state index < -0.39 is 5.91 Å². The summed E-state index contributed by atoms with van der Waals surface area (Å²) in [5.74, 6) is 0.450. The number of para-hydroxylation sites is 1. The summed E-state index contributed by atoms with van der Waals surface area (Å²) in [4.78, 5) is 24.9. The molecule has 2 amide bonds. The van der Waals surface area contributed by atoms with Crippen LogP contribution in [0.15, 0.2) is 56.6 Å². The quantitative estimate of drug-likeness (QED) is 0.651.